The molecule has 0 fully saturated rings. The van der Waals surface area contributed by atoms with Crippen molar-refractivity contribution in [3.05, 3.63) is 62.8 Å². The van der Waals surface area contributed by atoms with E-state index in [1.54, 1.807) is 12.1 Å². The topological polar surface area (TPSA) is 29.5 Å². The zero-order valence-corrected chi connectivity index (χ0v) is 13.1. The third kappa shape index (κ3) is 3.51. The lowest BCUT2D eigenvalue weighted by molar-refractivity contribution is 0.174. The molecule has 0 saturated carbocycles. The molecule has 0 bridgehead atoms. The van der Waals surface area contributed by atoms with Crippen LogP contribution in [0.5, 0.6) is 5.75 Å². The summed E-state index contributed by atoms with van der Waals surface area (Å²) < 4.78 is 19.3. The van der Waals surface area contributed by atoms with Gasteiger partial charge in [-0.3, -0.25) is 0 Å². The average molecular weight is 360 g/mol. The van der Waals surface area contributed by atoms with Gasteiger partial charge in [0.1, 0.15) is 11.6 Å². The molecule has 20 heavy (non-hydrogen) atoms. The standard InChI is InChI=1S/C15H13BrClFO2/c1-20-15-5-2-10(16)8-12(15)14(19)7-9-6-11(18)3-4-13(9)17/h2-6,8,14,19H,7H2,1H3. The summed E-state index contributed by atoms with van der Waals surface area (Å²) in [5.41, 5.74) is 1.18. The van der Waals surface area contributed by atoms with Crippen molar-refractivity contribution in [2.45, 2.75) is 12.5 Å². The Bertz CT molecular complexity index is 619. The summed E-state index contributed by atoms with van der Waals surface area (Å²) in [7, 11) is 1.54. The van der Waals surface area contributed by atoms with E-state index in [1.807, 2.05) is 6.07 Å². The second kappa shape index (κ2) is 6.57. The molecule has 0 aliphatic rings. The highest BCUT2D eigenvalue weighted by atomic mass is 79.9. The molecular weight excluding hydrogens is 347 g/mol. The first-order valence-corrected chi connectivity index (χ1v) is 7.14. The molecule has 0 spiro atoms. The van der Waals surface area contributed by atoms with Crippen molar-refractivity contribution in [1.82, 2.24) is 0 Å². The van der Waals surface area contributed by atoms with Crippen molar-refractivity contribution in [3.8, 4) is 5.75 Å². The molecule has 0 aromatic heterocycles. The van der Waals surface area contributed by atoms with Crippen LogP contribution in [0, 0.1) is 5.82 Å². The largest absolute Gasteiger partial charge is 0.496 e. The van der Waals surface area contributed by atoms with E-state index in [4.69, 9.17) is 16.3 Å². The number of hydrogen-bond donors (Lipinski definition) is 1. The maximum Gasteiger partial charge on any atom is 0.124 e. The first-order chi connectivity index (χ1) is 9.51. The number of aliphatic hydroxyl groups is 1. The van der Waals surface area contributed by atoms with E-state index in [0.29, 0.717) is 21.9 Å². The fourth-order valence-electron chi connectivity index (χ4n) is 1.98. The Morgan fingerprint density at radius 1 is 1.30 bits per heavy atom. The highest BCUT2D eigenvalue weighted by Crippen LogP contribution is 2.32. The van der Waals surface area contributed by atoms with Gasteiger partial charge in [-0.05, 0) is 42.0 Å². The van der Waals surface area contributed by atoms with E-state index in [-0.39, 0.29) is 12.2 Å². The Labute approximate surface area is 130 Å². The third-order valence-corrected chi connectivity index (χ3v) is 3.83. The van der Waals surface area contributed by atoms with Gasteiger partial charge in [0.2, 0.25) is 0 Å². The van der Waals surface area contributed by atoms with E-state index >= 15 is 0 Å². The van der Waals surface area contributed by atoms with Crippen LogP contribution in [0.15, 0.2) is 40.9 Å². The average Bonchev–Trinajstić information content (AvgIpc) is 2.42. The van der Waals surface area contributed by atoms with E-state index in [9.17, 15) is 9.50 Å². The minimum atomic E-state index is -0.832. The summed E-state index contributed by atoms with van der Waals surface area (Å²) >= 11 is 9.37. The van der Waals surface area contributed by atoms with Crippen molar-refractivity contribution in [3.63, 3.8) is 0 Å². The summed E-state index contributed by atoms with van der Waals surface area (Å²) in [6, 6.07) is 9.46. The van der Waals surface area contributed by atoms with Crippen molar-refractivity contribution in [2.75, 3.05) is 7.11 Å². The van der Waals surface area contributed by atoms with Crippen molar-refractivity contribution < 1.29 is 14.2 Å². The van der Waals surface area contributed by atoms with Gasteiger partial charge in [0, 0.05) is 21.5 Å². The fraction of sp³-hybridized carbons (Fsp3) is 0.200. The maximum atomic E-state index is 13.2. The molecule has 0 aliphatic carbocycles. The normalized spacial score (nSPS) is 12.2. The number of rotatable bonds is 4. The van der Waals surface area contributed by atoms with Crippen LogP contribution in [0.4, 0.5) is 4.39 Å². The van der Waals surface area contributed by atoms with E-state index in [1.165, 1.54) is 25.3 Å². The van der Waals surface area contributed by atoms with Crippen molar-refractivity contribution >= 4 is 27.5 Å². The van der Waals surface area contributed by atoms with Crippen LogP contribution >= 0.6 is 27.5 Å². The van der Waals surface area contributed by atoms with Gasteiger partial charge in [0.05, 0.1) is 13.2 Å². The second-order valence-corrected chi connectivity index (χ2v) is 5.66. The summed E-state index contributed by atoms with van der Waals surface area (Å²) in [5.74, 6) is 0.200. The molecule has 0 saturated heterocycles. The molecule has 0 radical (unpaired) electrons. The van der Waals surface area contributed by atoms with Crippen LogP contribution in [0.25, 0.3) is 0 Å². The Balaban J connectivity index is 2.30. The van der Waals surface area contributed by atoms with Gasteiger partial charge in [-0.1, -0.05) is 27.5 Å². The van der Waals surface area contributed by atoms with Gasteiger partial charge < -0.3 is 9.84 Å². The van der Waals surface area contributed by atoms with Crippen LogP contribution in [0.3, 0.4) is 0 Å². The van der Waals surface area contributed by atoms with Crippen molar-refractivity contribution in [1.29, 1.82) is 0 Å². The van der Waals surface area contributed by atoms with Crippen LogP contribution in [-0.2, 0) is 6.42 Å². The number of benzene rings is 2. The van der Waals surface area contributed by atoms with Crippen LogP contribution in [0.2, 0.25) is 5.02 Å². The van der Waals surface area contributed by atoms with Crippen molar-refractivity contribution in [2.24, 2.45) is 0 Å². The smallest absolute Gasteiger partial charge is 0.124 e. The van der Waals surface area contributed by atoms with E-state index in [0.717, 1.165) is 4.47 Å². The number of aliphatic hydroxyl groups excluding tert-OH is 1. The first-order valence-electron chi connectivity index (χ1n) is 5.96. The zero-order valence-electron chi connectivity index (χ0n) is 10.7. The van der Waals surface area contributed by atoms with Crippen LogP contribution in [-0.4, -0.2) is 12.2 Å². The Kier molecular flexibility index (Phi) is 5.02. The molecule has 1 unspecified atom stereocenters. The molecular formula is C15H13BrClFO2. The van der Waals surface area contributed by atoms with E-state index < -0.39 is 6.10 Å². The van der Waals surface area contributed by atoms with E-state index in [2.05, 4.69) is 15.9 Å². The number of halogens is 3. The molecule has 2 aromatic carbocycles. The minimum absolute atomic E-state index is 0.212. The monoisotopic (exact) mass is 358 g/mol. The van der Waals surface area contributed by atoms with Gasteiger partial charge >= 0.3 is 0 Å². The summed E-state index contributed by atoms with van der Waals surface area (Å²) in [4.78, 5) is 0. The summed E-state index contributed by atoms with van der Waals surface area (Å²) in [5, 5.41) is 10.8. The lowest BCUT2D eigenvalue weighted by Crippen LogP contribution is -2.05. The molecule has 1 atom stereocenters. The molecule has 0 heterocycles. The molecule has 106 valence electrons. The van der Waals surface area contributed by atoms with Gasteiger partial charge in [-0.25, -0.2) is 4.39 Å². The highest BCUT2D eigenvalue weighted by Gasteiger charge is 2.16. The van der Waals surface area contributed by atoms with Gasteiger partial charge in [0.15, 0.2) is 0 Å². The minimum Gasteiger partial charge on any atom is -0.496 e. The molecule has 0 amide bonds. The molecule has 2 aromatic rings. The molecule has 2 nitrogen and oxygen atoms in total. The maximum absolute atomic E-state index is 13.2. The summed E-state index contributed by atoms with van der Waals surface area (Å²) in [6.07, 6.45) is -0.620. The SMILES string of the molecule is COc1ccc(Br)cc1C(O)Cc1cc(F)ccc1Cl. The predicted octanol–water partition coefficient (Wildman–Crippen LogP) is 4.53. The van der Waals surface area contributed by atoms with Crippen LogP contribution in [0.1, 0.15) is 17.2 Å². The second-order valence-electron chi connectivity index (χ2n) is 4.34. The lowest BCUT2D eigenvalue weighted by atomic mass is 10.0. The molecule has 2 rings (SSSR count). The Morgan fingerprint density at radius 3 is 2.75 bits per heavy atom. The van der Waals surface area contributed by atoms with Gasteiger partial charge in [-0.15, -0.1) is 0 Å². The first kappa shape index (κ1) is 15.3. The Morgan fingerprint density at radius 2 is 2.05 bits per heavy atom. The zero-order chi connectivity index (χ0) is 14.7. The Hall–Kier alpha value is -1.10. The number of ether oxygens (including phenoxy) is 1. The summed E-state index contributed by atoms with van der Waals surface area (Å²) in [6.45, 7) is 0. The van der Waals surface area contributed by atoms with Gasteiger partial charge in [-0.2, -0.15) is 0 Å². The fourth-order valence-corrected chi connectivity index (χ4v) is 2.56. The molecule has 1 N–H and O–H groups in total. The lowest BCUT2D eigenvalue weighted by Gasteiger charge is -2.16. The third-order valence-electron chi connectivity index (χ3n) is 2.97. The number of hydrogen-bond acceptors (Lipinski definition) is 2. The van der Waals surface area contributed by atoms with Crippen LogP contribution < -0.4 is 4.74 Å². The quantitative estimate of drug-likeness (QED) is 0.869. The predicted molar refractivity (Wildman–Crippen MR) is 80.8 cm³/mol. The molecule has 5 heteroatoms. The molecule has 0 aliphatic heterocycles. The van der Waals surface area contributed by atoms with Gasteiger partial charge in [0.25, 0.3) is 0 Å². The number of methoxy groups -OCH3 is 1. The highest BCUT2D eigenvalue weighted by molar-refractivity contribution is 9.10.